The summed E-state index contributed by atoms with van der Waals surface area (Å²) in [6.45, 7) is 4.67. The number of likely N-dealkylation sites (tertiary alicyclic amines) is 1. The molecule has 3 fully saturated rings. The van der Waals surface area contributed by atoms with Gasteiger partial charge in [-0.15, -0.1) is 0 Å². The van der Waals surface area contributed by atoms with Crippen LogP contribution in [0.2, 0.25) is 0 Å². The number of hydrogen-bond acceptors (Lipinski definition) is 5. The number of nitrogens with one attached hydrogen (secondary N) is 1. The maximum Gasteiger partial charge on any atom is 0.407 e. The van der Waals surface area contributed by atoms with E-state index in [4.69, 9.17) is 5.11 Å². The highest BCUT2D eigenvalue weighted by molar-refractivity contribution is 5.99. The van der Waals surface area contributed by atoms with Gasteiger partial charge < -0.3 is 25.3 Å². The highest BCUT2D eigenvalue weighted by Crippen LogP contribution is 2.53. The zero-order chi connectivity index (χ0) is 26.1. The first-order chi connectivity index (χ1) is 18.3. The first-order valence-corrected chi connectivity index (χ1v) is 14.0. The van der Waals surface area contributed by atoms with Crippen molar-refractivity contribution in [2.24, 2.45) is 5.41 Å². The number of carboxylic acid groups (broad SMARTS) is 1. The smallest absolute Gasteiger partial charge is 0.407 e. The summed E-state index contributed by atoms with van der Waals surface area (Å²) < 4.78 is 0. The molecule has 0 aromatic heterocycles. The summed E-state index contributed by atoms with van der Waals surface area (Å²) in [4.78, 5) is 30.4. The maximum atomic E-state index is 13.6. The van der Waals surface area contributed by atoms with E-state index in [9.17, 15) is 14.7 Å². The molecular weight excluding hydrogens is 480 g/mol. The van der Waals surface area contributed by atoms with Crippen molar-refractivity contribution < 1.29 is 19.8 Å². The minimum atomic E-state index is -0.829. The van der Waals surface area contributed by atoms with E-state index in [0.717, 1.165) is 62.0 Å². The fraction of sp³-hybridized carbons (Fsp3) is 0.533. The number of benzene rings is 2. The summed E-state index contributed by atoms with van der Waals surface area (Å²) in [6, 6.07) is 15.1. The molecule has 8 heteroatoms. The van der Waals surface area contributed by atoms with Gasteiger partial charge in [0, 0.05) is 73.9 Å². The van der Waals surface area contributed by atoms with Gasteiger partial charge in [0.05, 0.1) is 6.10 Å². The standard InChI is InChI=1S/C30H36N4O4/c35-24(15-32-10-7-20-3-1-2-4-21(20)14-32)16-33-19-30(8-9-30)26-6-5-22(11-25(26)27(33)36)31-23-12-29(13-23)17-34(18-29)28(37)38/h1-6,11,23-24,31,35H,7-10,12-19H2,(H,37,38)/t24-/m1/s1. The Balaban J connectivity index is 0.991. The van der Waals surface area contributed by atoms with E-state index in [2.05, 4.69) is 46.6 Å². The van der Waals surface area contributed by atoms with Gasteiger partial charge in [-0.05, 0) is 60.9 Å². The van der Waals surface area contributed by atoms with Crippen LogP contribution in [-0.4, -0.2) is 88.3 Å². The normalized spacial score (nSPS) is 23.9. The molecule has 1 saturated heterocycles. The van der Waals surface area contributed by atoms with Crippen LogP contribution >= 0.6 is 0 Å². The van der Waals surface area contributed by atoms with Crippen LogP contribution in [0.4, 0.5) is 10.5 Å². The number of amides is 2. The van der Waals surface area contributed by atoms with Gasteiger partial charge in [0.15, 0.2) is 0 Å². The largest absolute Gasteiger partial charge is 0.465 e. The molecule has 1 atom stereocenters. The third-order valence-corrected chi connectivity index (χ3v) is 9.62. The number of nitrogens with zero attached hydrogens (tertiary/aromatic N) is 3. The Morgan fingerprint density at radius 3 is 2.55 bits per heavy atom. The molecule has 0 unspecified atom stereocenters. The van der Waals surface area contributed by atoms with Crippen molar-refractivity contribution in [2.45, 2.75) is 56.2 Å². The molecule has 2 saturated carbocycles. The third-order valence-electron chi connectivity index (χ3n) is 9.62. The molecule has 0 bridgehead atoms. The Kier molecular flexibility index (Phi) is 5.50. The lowest BCUT2D eigenvalue weighted by Gasteiger charge is -2.58. The van der Waals surface area contributed by atoms with E-state index in [0.29, 0.717) is 38.8 Å². The van der Waals surface area contributed by atoms with Gasteiger partial charge in [0.1, 0.15) is 0 Å². The lowest BCUT2D eigenvalue weighted by atomic mass is 9.60. The monoisotopic (exact) mass is 516 g/mol. The summed E-state index contributed by atoms with van der Waals surface area (Å²) >= 11 is 0. The van der Waals surface area contributed by atoms with E-state index in [1.165, 1.54) is 16.0 Å². The highest BCUT2D eigenvalue weighted by Gasteiger charge is 2.54. The molecular formula is C30H36N4O4. The van der Waals surface area contributed by atoms with Gasteiger partial charge in [0.25, 0.3) is 5.91 Å². The van der Waals surface area contributed by atoms with E-state index in [1.54, 1.807) is 0 Å². The predicted molar refractivity (Wildman–Crippen MR) is 143 cm³/mol. The lowest BCUT2D eigenvalue weighted by Crippen LogP contribution is -2.65. The summed E-state index contributed by atoms with van der Waals surface area (Å²) in [5.41, 5.74) is 5.80. The SMILES string of the molecule is O=C(O)N1CC2(CC(Nc3ccc4c(c3)C(=O)N(C[C@H](O)CN3CCc5ccccc5C3)CC43CC3)C2)C1. The zero-order valence-corrected chi connectivity index (χ0v) is 21.7. The average molecular weight is 517 g/mol. The summed E-state index contributed by atoms with van der Waals surface area (Å²) in [5, 5.41) is 23.7. The van der Waals surface area contributed by atoms with Crippen LogP contribution in [0.15, 0.2) is 42.5 Å². The Morgan fingerprint density at radius 1 is 1.05 bits per heavy atom. The number of rotatable bonds is 6. The van der Waals surface area contributed by atoms with Crippen molar-refractivity contribution in [3.05, 3.63) is 64.7 Å². The Labute approximate surface area is 223 Å². The molecule has 8 nitrogen and oxygen atoms in total. The topological polar surface area (TPSA) is 96.3 Å². The minimum Gasteiger partial charge on any atom is -0.465 e. The molecule has 0 radical (unpaired) electrons. The van der Waals surface area contributed by atoms with Crippen LogP contribution < -0.4 is 5.32 Å². The van der Waals surface area contributed by atoms with Crippen molar-refractivity contribution in [1.29, 1.82) is 0 Å². The number of fused-ring (bicyclic) bond motifs is 3. The molecule has 2 amide bonds. The van der Waals surface area contributed by atoms with Crippen molar-refractivity contribution in [3.63, 3.8) is 0 Å². The summed E-state index contributed by atoms with van der Waals surface area (Å²) in [7, 11) is 0. The number of β-amino-alcohol motifs (C(OH)–C–C–N with tert-alkyl or cyclic N) is 1. The zero-order valence-electron chi connectivity index (χ0n) is 21.7. The first-order valence-electron chi connectivity index (χ1n) is 14.0. The van der Waals surface area contributed by atoms with E-state index in [-0.39, 0.29) is 16.7 Å². The summed E-state index contributed by atoms with van der Waals surface area (Å²) in [5.74, 6) is 0.0189. The lowest BCUT2D eigenvalue weighted by molar-refractivity contribution is -0.0519. The first kappa shape index (κ1) is 24.0. The van der Waals surface area contributed by atoms with Crippen molar-refractivity contribution in [1.82, 2.24) is 14.7 Å². The fourth-order valence-corrected chi connectivity index (χ4v) is 7.49. The number of hydrogen-bond donors (Lipinski definition) is 3. The Bertz CT molecular complexity index is 1280. The van der Waals surface area contributed by atoms with Crippen LogP contribution in [0.25, 0.3) is 0 Å². The molecule has 2 spiro atoms. The molecule has 38 heavy (non-hydrogen) atoms. The van der Waals surface area contributed by atoms with Gasteiger partial charge in [-0.3, -0.25) is 9.69 Å². The molecule has 2 aliphatic carbocycles. The molecule has 7 rings (SSSR count). The molecule has 3 N–H and O–H groups in total. The third kappa shape index (κ3) is 4.14. The van der Waals surface area contributed by atoms with Crippen LogP contribution in [0.1, 0.15) is 52.7 Å². The van der Waals surface area contributed by atoms with Crippen LogP contribution in [-0.2, 0) is 18.4 Å². The fourth-order valence-electron chi connectivity index (χ4n) is 7.49. The van der Waals surface area contributed by atoms with E-state index < -0.39 is 12.2 Å². The van der Waals surface area contributed by atoms with Gasteiger partial charge in [-0.25, -0.2) is 4.79 Å². The van der Waals surface area contributed by atoms with Crippen LogP contribution in [0.5, 0.6) is 0 Å². The van der Waals surface area contributed by atoms with Crippen molar-refractivity contribution in [3.8, 4) is 0 Å². The highest BCUT2D eigenvalue weighted by atomic mass is 16.4. The molecule has 3 aliphatic heterocycles. The minimum absolute atomic E-state index is 0.0189. The van der Waals surface area contributed by atoms with Crippen molar-refractivity contribution in [2.75, 3.05) is 44.6 Å². The van der Waals surface area contributed by atoms with Gasteiger partial charge in [-0.2, -0.15) is 0 Å². The van der Waals surface area contributed by atoms with Crippen molar-refractivity contribution >= 4 is 17.7 Å². The van der Waals surface area contributed by atoms with Gasteiger partial charge in [0.2, 0.25) is 0 Å². The Hall–Kier alpha value is -3.10. The van der Waals surface area contributed by atoms with E-state index >= 15 is 0 Å². The Morgan fingerprint density at radius 2 is 1.82 bits per heavy atom. The molecule has 5 aliphatic rings. The van der Waals surface area contributed by atoms with Crippen LogP contribution in [0, 0.1) is 5.41 Å². The molecule has 200 valence electrons. The predicted octanol–water partition coefficient (Wildman–Crippen LogP) is 3.15. The average Bonchev–Trinajstić information content (AvgIpc) is 3.62. The van der Waals surface area contributed by atoms with Crippen LogP contribution in [0.3, 0.4) is 0 Å². The number of anilines is 1. The second kappa shape index (κ2) is 8.71. The summed E-state index contributed by atoms with van der Waals surface area (Å²) in [6.07, 6.45) is 3.68. The molecule has 2 aromatic rings. The maximum absolute atomic E-state index is 13.6. The van der Waals surface area contributed by atoms with Gasteiger partial charge in [-0.1, -0.05) is 30.3 Å². The van der Waals surface area contributed by atoms with Gasteiger partial charge >= 0.3 is 6.09 Å². The molecule has 3 heterocycles. The number of carbonyl (C=O) groups excluding carboxylic acids is 1. The molecule has 2 aromatic carbocycles. The number of aliphatic hydroxyl groups excluding tert-OH is 1. The van der Waals surface area contributed by atoms with E-state index in [1.807, 2.05) is 11.0 Å². The number of carbonyl (C=O) groups is 2. The quantitative estimate of drug-likeness (QED) is 0.546. The second-order valence-electron chi connectivity index (χ2n) is 12.5. The second-order valence-corrected chi connectivity index (χ2v) is 12.5. The number of aliphatic hydroxyl groups is 1.